The van der Waals surface area contributed by atoms with E-state index in [4.69, 9.17) is 30.6 Å². The Kier molecular flexibility index (Phi) is 15.2. The second kappa shape index (κ2) is 12.4. The van der Waals surface area contributed by atoms with Gasteiger partial charge in [0.15, 0.2) is 0 Å². The Labute approximate surface area is 120 Å². The predicted octanol–water partition coefficient (Wildman–Crippen LogP) is -7.10. The summed E-state index contributed by atoms with van der Waals surface area (Å²) in [5.74, 6) is -3.59. The van der Waals surface area contributed by atoms with Crippen molar-refractivity contribution in [1.29, 1.82) is 0 Å². The van der Waals surface area contributed by atoms with Crippen LogP contribution in [0, 0.1) is 0 Å². The molecule has 0 saturated heterocycles. The topological polar surface area (TPSA) is 202 Å². The van der Waals surface area contributed by atoms with Gasteiger partial charge in [0.05, 0.1) is 25.2 Å². The molecule has 0 radical (unpaired) electrons. The fourth-order valence-corrected chi connectivity index (χ4v) is 0.514. The molecule has 0 bridgehead atoms. The van der Waals surface area contributed by atoms with Crippen LogP contribution in [-0.2, 0) is 29.1 Å². The summed E-state index contributed by atoms with van der Waals surface area (Å²) in [6.45, 7) is -1.59. The summed E-state index contributed by atoms with van der Waals surface area (Å²) >= 11 is 0. The average molecular weight is 336 g/mol. The molecule has 0 aliphatic heterocycles. The van der Waals surface area contributed by atoms with Crippen LogP contribution in [0.25, 0.3) is 0 Å². The fourth-order valence-electron chi connectivity index (χ4n) is 0.514. The van der Waals surface area contributed by atoms with Crippen molar-refractivity contribution in [3.8, 4) is 0 Å². The molecule has 10 nitrogen and oxygen atoms in total. The molecule has 6 N–H and O–H groups in total. The maximum Gasteiger partial charge on any atom is 2.00 e. The summed E-state index contributed by atoms with van der Waals surface area (Å²) in [5.41, 5.74) is 0. The van der Waals surface area contributed by atoms with E-state index in [2.05, 4.69) is 0 Å². The van der Waals surface area contributed by atoms with E-state index in [-0.39, 0.29) is 19.5 Å². The Bertz CT molecular complexity index is 234. The molecule has 0 aliphatic rings. The summed E-state index contributed by atoms with van der Waals surface area (Å²) in [4.78, 5) is 19.3. The first-order valence-electron chi connectivity index (χ1n) is 4.54. The van der Waals surface area contributed by atoms with E-state index in [0.717, 1.165) is 0 Å². The van der Waals surface area contributed by atoms with Crippen LogP contribution in [0.2, 0.25) is 0 Å². The fraction of sp³-hybridized carbons (Fsp3) is 0.750. The summed E-state index contributed by atoms with van der Waals surface area (Å²) in [7, 11) is 0. The van der Waals surface area contributed by atoms with Gasteiger partial charge < -0.3 is 50.4 Å². The summed E-state index contributed by atoms with van der Waals surface area (Å²) in [6.07, 6.45) is -7.32. The average Bonchev–Trinajstić information content (AvgIpc) is 2.35. The molecule has 0 amide bonds. The number of hydrogen-bond donors (Lipinski definition) is 6. The largest absolute Gasteiger partial charge is 2.00 e. The van der Waals surface area contributed by atoms with Gasteiger partial charge in [0, 0.05) is 0 Å². The van der Waals surface area contributed by atoms with E-state index in [0.29, 0.717) is 0 Å². The van der Waals surface area contributed by atoms with Crippen LogP contribution in [0.3, 0.4) is 0 Å². The summed E-state index contributed by atoms with van der Waals surface area (Å²) in [6, 6.07) is 0. The Balaban J connectivity index is -0.000000256. The zero-order valence-corrected chi connectivity index (χ0v) is 12.7. The van der Waals surface area contributed by atoms with Crippen LogP contribution in [0.15, 0.2) is 0 Å². The molecule has 0 aliphatic carbocycles. The zero-order chi connectivity index (χ0) is 14.9. The van der Waals surface area contributed by atoms with Crippen molar-refractivity contribution >= 4 is 11.9 Å². The van der Waals surface area contributed by atoms with Crippen molar-refractivity contribution in [2.45, 2.75) is 24.4 Å². The number of carbonyl (C=O) groups excluding carboxylic acids is 2. The monoisotopic (exact) mass is 334 g/mol. The molecular formula is C8H14O10Zn. The van der Waals surface area contributed by atoms with Gasteiger partial charge in [-0.05, 0) is 0 Å². The van der Waals surface area contributed by atoms with Gasteiger partial charge in [0.1, 0.15) is 24.4 Å². The second-order valence-corrected chi connectivity index (χ2v) is 3.03. The smallest absolute Gasteiger partial charge is 0.547 e. The Hall–Kier alpha value is -0.677. The first kappa shape index (κ1) is 23.4. The van der Waals surface area contributed by atoms with Crippen LogP contribution in [0.5, 0.6) is 0 Å². The molecule has 0 unspecified atom stereocenters. The third kappa shape index (κ3) is 10.9. The number of aliphatic hydroxyl groups is 6. The van der Waals surface area contributed by atoms with E-state index >= 15 is 0 Å². The number of carboxylic acid groups (broad SMARTS) is 2. The van der Waals surface area contributed by atoms with Crippen molar-refractivity contribution in [3.05, 3.63) is 0 Å². The Morgan fingerprint density at radius 3 is 1.05 bits per heavy atom. The zero-order valence-electron chi connectivity index (χ0n) is 9.75. The van der Waals surface area contributed by atoms with E-state index in [1.807, 2.05) is 0 Å². The van der Waals surface area contributed by atoms with Gasteiger partial charge in [-0.2, -0.15) is 0 Å². The predicted molar refractivity (Wildman–Crippen MR) is 48.2 cm³/mol. The molecule has 0 rings (SSSR count). The van der Waals surface area contributed by atoms with Crippen LogP contribution in [0.4, 0.5) is 0 Å². The SMILES string of the molecule is O=C([O-])[C@H](O)[C@@H](O)CO.O=C([O-])[C@H](O)[C@@H](O)CO.[Zn+2]. The molecule has 0 aromatic rings. The van der Waals surface area contributed by atoms with Crippen molar-refractivity contribution in [2.75, 3.05) is 13.2 Å². The van der Waals surface area contributed by atoms with Gasteiger partial charge in [-0.1, -0.05) is 0 Å². The van der Waals surface area contributed by atoms with Crippen LogP contribution < -0.4 is 10.2 Å². The molecule has 0 aromatic heterocycles. The van der Waals surface area contributed by atoms with Gasteiger partial charge in [-0.3, -0.25) is 0 Å². The molecule has 19 heavy (non-hydrogen) atoms. The molecule has 0 spiro atoms. The van der Waals surface area contributed by atoms with Gasteiger partial charge in [-0.25, -0.2) is 0 Å². The minimum absolute atomic E-state index is 0. The van der Waals surface area contributed by atoms with Gasteiger partial charge in [0.2, 0.25) is 0 Å². The third-order valence-electron chi connectivity index (χ3n) is 1.59. The van der Waals surface area contributed by atoms with Crippen LogP contribution in [0.1, 0.15) is 0 Å². The maximum atomic E-state index is 9.67. The van der Waals surface area contributed by atoms with Crippen molar-refractivity contribution in [3.63, 3.8) is 0 Å². The van der Waals surface area contributed by atoms with Crippen LogP contribution in [-0.4, -0.2) is 80.2 Å². The molecule has 0 saturated carbocycles. The van der Waals surface area contributed by atoms with Gasteiger partial charge in [0.25, 0.3) is 0 Å². The molecular weight excluding hydrogens is 321 g/mol. The summed E-state index contributed by atoms with van der Waals surface area (Å²) < 4.78 is 0. The van der Waals surface area contributed by atoms with E-state index < -0.39 is 49.6 Å². The number of aliphatic carboxylic acids is 2. The number of carboxylic acids is 2. The van der Waals surface area contributed by atoms with E-state index in [1.54, 1.807) is 0 Å². The summed E-state index contributed by atoms with van der Waals surface area (Å²) in [5, 5.41) is 68.8. The van der Waals surface area contributed by atoms with Crippen LogP contribution >= 0.6 is 0 Å². The Morgan fingerprint density at radius 1 is 0.789 bits per heavy atom. The molecule has 4 atom stereocenters. The number of rotatable bonds is 6. The molecule has 108 valence electrons. The molecule has 11 heteroatoms. The van der Waals surface area contributed by atoms with Gasteiger partial charge >= 0.3 is 19.5 Å². The number of carbonyl (C=O) groups is 2. The van der Waals surface area contributed by atoms with E-state index in [1.165, 1.54) is 0 Å². The number of aliphatic hydroxyl groups excluding tert-OH is 6. The van der Waals surface area contributed by atoms with E-state index in [9.17, 15) is 19.8 Å². The first-order valence-corrected chi connectivity index (χ1v) is 4.54. The number of hydrogen-bond acceptors (Lipinski definition) is 10. The Morgan fingerprint density at radius 2 is 1.00 bits per heavy atom. The minimum atomic E-state index is -2.00. The molecule has 0 aromatic carbocycles. The van der Waals surface area contributed by atoms with Crippen molar-refractivity contribution in [2.24, 2.45) is 0 Å². The van der Waals surface area contributed by atoms with Gasteiger partial charge in [-0.15, -0.1) is 0 Å². The normalized spacial score (nSPS) is 15.9. The standard InChI is InChI=1S/2C4H8O5.Zn/c2*5-1-2(6)3(7)4(8)9;/h2*2-3,5-7H,1H2,(H,8,9);/q;;+2/p-2/t2*2-,3+;/m00./s1. The quantitative estimate of drug-likeness (QED) is 0.253. The van der Waals surface area contributed by atoms with Crippen molar-refractivity contribution in [1.82, 2.24) is 0 Å². The molecule has 0 heterocycles. The third-order valence-corrected chi connectivity index (χ3v) is 1.59. The minimum Gasteiger partial charge on any atom is -0.547 e. The second-order valence-electron chi connectivity index (χ2n) is 3.03. The first-order chi connectivity index (χ1) is 8.18. The molecule has 0 fully saturated rings. The van der Waals surface area contributed by atoms with Crippen molar-refractivity contribution < 1.29 is 69.9 Å². The maximum absolute atomic E-state index is 9.67.